The smallest absolute Gasteiger partial charge is 0.265 e. The van der Waals surface area contributed by atoms with Gasteiger partial charge in [-0.1, -0.05) is 35.3 Å². The van der Waals surface area contributed by atoms with E-state index in [9.17, 15) is 4.79 Å². The van der Waals surface area contributed by atoms with E-state index in [4.69, 9.17) is 27.9 Å². The quantitative estimate of drug-likeness (QED) is 0.312. The number of nitrogens with zero attached hydrogens (tertiary/aromatic N) is 2. The molecule has 2 heterocycles. The Morgan fingerprint density at radius 1 is 1.12 bits per heavy atom. The largest absolute Gasteiger partial charge is 0.489 e. The molecule has 0 aliphatic heterocycles. The van der Waals surface area contributed by atoms with Crippen LogP contribution in [0.25, 0.3) is 0 Å². The average Bonchev–Trinajstić information content (AvgIpc) is 3.55. The monoisotopic (exact) mass is 497 g/mol. The van der Waals surface area contributed by atoms with Crippen LogP contribution in [0.4, 0.5) is 5.69 Å². The van der Waals surface area contributed by atoms with Gasteiger partial charge in [-0.2, -0.15) is 5.10 Å². The molecule has 1 N–H and O–H groups in total. The Balaban J connectivity index is 1.17. The molecule has 0 radical (unpaired) electrons. The van der Waals surface area contributed by atoms with Gasteiger partial charge in [-0.3, -0.25) is 9.48 Å². The van der Waals surface area contributed by atoms with Crippen molar-refractivity contribution >= 4 is 46.1 Å². The number of hydrogen-bond acceptors (Lipinski definition) is 4. The average molecular weight is 498 g/mol. The first-order valence-electron chi connectivity index (χ1n) is 10.6. The van der Waals surface area contributed by atoms with E-state index in [1.807, 2.05) is 23.6 Å². The lowest BCUT2D eigenvalue weighted by Crippen LogP contribution is -2.09. The number of nitrogens with one attached hydrogen (secondary N) is 1. The van der Waals surface area contributed by atoms with E-state index in [1.54, 1.807) is 29.2 Å². The van der Waals surface area contributed by atoms with Crippen molar-refractivity contribution in [3.05, 3.63) is 97.4 Å². The maximum Gasteiger partial charge on any atom is 0.265 e. The lowest BCUT2D eigenvalue weighted by Gasteiger charge is -2.07. The number of thiophene rings is 1. The molecule has 2 aromatic heterocycles. The van der Waals surface area contributed by atoms with Gasteiger partial charge in [0.2, 0.25) is 0 Å². The number of halogens is 2. The zero-order chi connectivity index (χ0) is 22.8. The highest BCUT2D eigenvalue weighted by atomic mass is 35.5. The van der Waals surface area contributed by atoms with E-state index in [2.05, 4.69) is 22.5 Å². The minimum atomic E-state index is -0.173. The second-order valence-electron chi connectivity index (χ2n) is 8.01. The SMILES string of the molecule is O=C(Nc1cnn(Cc2ccc(Cl)cc2Cl)c1)c1cc(COc2ccc3c(c2)CCC3)cs1. The molecule has 0 saturated carbocycles. The van der Waals surface area contributed by atoms with Gasteiger partial charge >= 0.3 is 0 Å². The first-order chi connectivity index (χ1) is 16.0. The fraction of sp³-hybridized carbons (Fsp3) is 0.200. The number of anilines is 1. The number of aryl methyl sites for hydroxylation is 2. The van der Waals surface area contributed by atoms with Crippen molar-refractivity contribution in [1.82, 2.24) is 9.78 Å². The molecule has 8 heteroatoms. The molecule has 0 bridgehead atoms. The maximum absolute atomic E-state index is 12.7. The summed E-state index contributed by atoms with van der Waals surface area (Å²) in [6.07, 6.45) is 6.89. The lowest BCUT2D eigenvalue weighted by molar-refractivity contribution is 0.103. The number of rotatable bonds is 7. The van der Waals surface area contributed by atoms with Crippen molar-refractivity contribution in [3.8, 4) is 5.75 Å². The molecule has 5 rings (SSSR count). The topological polar surface area (TPSA) is 56.2 Å². The summed E-state index contributed by atoms with van der Waals surface area (Å²) in [6.45, 7) is 0.914. The third-order valence-electron chi connectivity index (χ3n) is 5.59. The molecule has 1 aliphatic rings. The third-order valence-corrected chi connectivity index (χ3v) is 7.16. The van der Waals surface area contributed by atoms with Crippen LogP contribution in [0.3, 0.4) is 0 Å². The Morgan fingerprint density at radius 3 is 2.88 bits per heavy atom. The number of fused-ring (bicyclic) bond motifs is 1. The van der Waals surface area contributed by atoms with Gasteiger partial charge in [0.1, 0.15) is 12.4 Å². The van der Waals surface area contributed by atoms with Crippen LogP contribution >= 0.6 is 34.5 Å². The van der Waals surface area contributed by atoms with Crippen LogP contribution in [0.2, 0.25) is 10.0 Å². The summed E-state index contributed by atoms with van der Waals surface area (Å²) in [5, 5.41) is 10.3. The summed E-state index contributed by atoms with van der Waals surface area (Å²) in [5.41, 5.74) is 5.30. The van der Waals surface area contributed by atoms with Gasteiger partial charge in [0.25, 0.3) is 5.91 Å². The van der Waals surface area contributed by atoms with Crippen molar-refractivity contribution < 1.29 is 9.53 Å². The van der Waals surface area contributed by atoms with Crippen LogP contribution in [0.1, 0.15) is 38.3 Å². The van der Waals surface area contributed by atoms with Gasteiger partial charge in [-0.05, 0) is 71.7 Å². The minimum Gasteiger partial charge on any atom is -0.489 e. The number of aromatic nitrogens is 2. The summed E-state index contributed by atoms with van der Waals surface area (Å²) < 4.78 is 7.67. The zero-order valence-electron chi connectivity index (χ0n) is 17.7. The molecule has 0 saturated heterocycles. The van der Waals surface area contributed by atoms with E-state index in [1.165, 1.54) is 28.9 Å². The summed E-state index contributed by atoms with van der Waals surface area (Å²) in [5.74, 6) is 0.703. The minimum absolute atomic E-state index is 0.173. The Bertz CT molecular complexity index is 1310. The molecule has 1 amide bonds. The molecule has 33 heavy (non-hydrogen) atoms. The maximum atomic E-state index is 12.7. The van der Waals surface area contributed by atoms with Crippen LogP contribution in [-0.2, 0) is 26.0 Å². The molecule has 0 unspecified atom stereocenters. The summed E-state index contributed by atoms with van der Waals surface area (Å²) in [4.78, 5) is 13.3. The van der Waals surface area contributed by atoms with Crippen LogP contribution in [0.15, 0.2) is 60.2 Å². The molecule has 5 nitrogen and oxygen atoms in total. The standard InChI is InChI=1S/C25H21Cl2N3O2S/c26-20-6-4-19(23(27)10-20)12-30-13-21(11-28-30)29-25(31)24-8-16(15-33-24)14-32-22-7-5-17-2-1-3-18(17)9-22/h4-11,13,15H,1-3,12,14H2,(H,29,31). The molecular weight excluding hydrogens is 477 g/mol. The van der Waals surface area contributed by atoms with Gasteiger partial charge in [0, 0.05) is 21.8 Å². The van der Waals surface area contributed by atoms with E-state index < -0.39 is 0 Å². The Labute approximate surface area is 205 Å². The molecule has 0 atom stereocenters. The normalized spacial score (nSPS) is 12.5. The van der Waals surface area contributed by atoms with E-state index in [-0.39, 0.29) is 5.91 Å². The van der Waals surface area contributed by atoms with Crippen molar-refractivity contribution in [3.63, 3.8) is 0 Å². The highest BCUT2D eigenvalue weighted by Crippen LogP contribution is 2.27. The number of ether oxygens (including phenoxy) is 1. The number of carbonyl (C=O) groups is 1. The van der Waals surface area contributed by atoms with E-state index in [0.29, 0.717) is 33.8 Å². The van der Waals surface area contributed by atoms with Crippen molar-refractivity contribution in [1.29, 1.82) is 0 Å². The number of benzene rings is 2. The summed E-state index contributed by atoms with van der Waals surface area (Å²) in [7, 11) is 0. The Kier molecular flexibility index (Phi) is 6.40. The molecular formula is C25H21Cl2N3O2S. The van der Waals surface area contributed by atoms with Gasteiger partial charge in [0.05, 0.1) is 23.3 Å². The van der Waals surface area contributed by atoms with E-state index >= 15 is 0 Å². The van der Waals surface area contributed by atoms with Crippen LogP contribution in [-0.4, -0.2) is 15.7 Å². The summed E-state index contributed by atoms with van der Waals surface area (Å²) >= 11 is 13.6. The Hall–Kier alpha value is -2.80. The number of hydrogen-bond donors (Lipinski definition) is 1. The van der Waals surface area contributed by atoms with Gasteiger partial charge in [-0.15, -0.1) is 11.3 Å². The van der Waals surface area contributed by atoms with Crippen molar-refractivity contribution in [2.75, 3.05) is 5.32 Å². The molecule has 1 aliphatic carbocycles. The van der Waals surface area contributed by atoms with Crippen LogP contribution in [0, 0.1) is 0 Å². The predicted octanol–water partition coefficient (Wildman–Crippen LogP) is 6.62. The second kappa shape index (κ2) is 9.59. The zero-order valence-corrected chi connectivity index (χ0v) is 20.0. The molecule has 168 valence electrons. The lowest BCUT2D eigenvalue weighted by atomic mass is 10.1. The van der Waals surface area contributed by atoms with Crippen LogP contribution < -0.4 is 10.1 Å². The Morgan fingerprint density at radius 2 is 2.00 bits per heavy atom. The first kappa shape index (κ1) is 22.0. The first-order valence-corrected chi connectivity index (χ1v) is 12.3. The molecule has 0 spiro atoms. The van der Waals surface area contributed by atoms with Gasteiger partial charge in [0.15, 0.2) is 0 Å². The third kappa shape index (κ3) is 5.24. The fourth-order valence-electron chi connectivity index (χ4n) is 3.91. The van der Waals surface area contributed by atoms with Gasteiger partial charge < -0.3 is 10.1 Å². The van der Waals surface area contributed by atoms with E-state index in [0.717, 1.165) is 29.7 Å². The van der Waals surface area contributed by atoms with Crippen molar-refractivity contribution in [2.45, 2.75) is 32.4 Å². The molecule has 0 fully saturated rings. The van der Waals surface area contributed by atoms with Crippen molar-refractivity contribution in [2.24, 2.45) is 0 Å². The number of amides is 1. The highest BCUT2D eigenvalue weighted by molar-refractivity contribution is 7.12. The number of carbonyl (C=O) groups excluding carboxylic acids is 1. The second-order valence-corrected chi connectivity index (χ2v) is 9.76. The highest BCUT2D eigenvalue weighted by Gasteiger charge is 2.13. The van der Waals surface area contributed by atoms with Gasteiger partial charge in [-0.25, -0.2) is 0 Å². The predicted molar refractivity (Wildman–Crippen MR) is 133 cm³/mol. The fourth-order valence-corrected chi connectivity index (χ4v) is 5.17. The van der Waals surface area contributed by atoms with Crippen LogP contribution in [0.5, 0.6) is 5.75 Å². The molecule has 4 aromatic rings. The summed E-state index contributed by atoms with van der Waals surface area (Å²) in [6, 6.07) is 13.5. The molecule has 2 aromatic carbocycles.